The van der Waals surface area contributed by atoms with E-state index < -0.39 is 0 Å². The van der Waals surface area contributed by atoms with Crippen LogP contribution in [-0.4, -0.2) is 6.71 Å². The van der Waals surface area contributed by atoms with E-state index in [2.05, 4.69) is 270 Å². The van der Waals surface area contributed by atoms with Crippen LogP contribution in [0, 0.1) is 6.92 Å². The molecule has 394 valence electrons. The normalized spacial score (nSPS) is 17.6. The van der Waals surface area contributed by atoms with E-state index in [1.807, 2.05) is 0 Å². The molecule has 4 nitrogen and oxygen atoms in total. The van der Waals surface area contributed by atoms with Gasteiger partial charge in [0.05, 0.1) is 11.1 Å². The fourth-order valence-corrected chi connectivity index (χ4v) is 14.2. The molecule has 2 aliphatic carbocycles. The predicted octanol–water partition coefficient (Wildman–Crippen LogP) is 18.7. The molecule has 8 aromatic carbocycles. The van der Waals surface area contributed by atoms with E-state index in [0.717, 1.165) is 64.0 Å². The summed E-state index contributed by atoms with van der Waals surface area (Å²) in [4.78, 5) is 7.77. The number of benzene rings is 8. The minimum atomic E-state index is -0.0489. The van der Waals surface area contributed by atoms with Crippen LogP contribution >= 0.6 is 0 Å². The van der Waals surface area contributed by atoms with Gasteiger partial charge in [0.2, 0.25) is 0 Å². The van der Waals surface area contributed by atoms with Gasteiger partial charge in [-0.05, 0) is 205 Å². The van der Waals surface area contributed by atoms with E-state index in [1.165, 1.54) is 90.2 Å². The highest BCUT2D eigenvalue weighted by Gasteiger charge is 2.48. The van der Waals surface area contributed by atoms with Crippen LogP contribution in [0.1, 0.15) is 162 Å². The van der Waals surface area contributed by atoms with Crippen molar-refractivity contribution in [3.63, 3.8) is 0 Å². The van der Waals surface area contributed by atoms with Gasteiger partial charge >= 0.3 is 0 Å². The molecule has 0 radical (unpaired) electrons. The zero-order valence-corrected chi connectivity index (χ0v) is 49.1. The van der Waals surface area contributed by atoms with E-state index in [9.17, 15) is 0 Å². The Morgan fingerprint density at radius 3 is 1.55 bits per heavy atom. The van der Waals surface area contributed by atoms with Crippen molar-refractivity contribution in [2.45, 2.75) is 162 Å². The Bertz CT molecular complexity index is 3850. The summed E-state index contributed by atoms with van der Waals surface area (Å²) in [6, 6.07) is 59.0. The van der Waals surface area contributed by atoms with Gasteiger partial charge in [-0.2, -0.15) is 0 Å². The van der Waals surface area contributed by atoms with Gasteiger partial charge in [0.15, 0.2) is 0 Å². The molecule has 2 aliphatic heterocycles. The van der Waals surface area contributed by atoms with Gasteiger partial charge in [0.1, 0.15) is 11.2 Å². The van der Waals surface area contributed by atoms with Crippen LogP contribution in [0.2, 0.25) is 0 Å². The topological polar surface area (TPSA) is 22.9 Å². The first-order valence-corrected chi connectivity index (χ1v) is 29.0. The molecule has 1 aromatic heterocycles. The molecule has 78 heavy (non-hydrogen) atoms. The van der Waals surface area contributed by atoms with E-state index >= 15 is 0 Å². The summed E-state index contributed by atoms with van der Waals surface area (Å²) in [7, 11) is 0. The Morgan fingerprint density at radius 2 is 0.949 bits per heavy atom. The van der Waals surface area contributed by atoms with Crippen molar-refractivity contribution in [1.82, 2.24) is 0 Å². The van der Waals surface area contributed by atoms with Gasteiger partial charge < -0.3 is 19.1 Å². The van der Waals surface area contributed by atoms with Gasteiger partial charge in [-0.1, -0.05) is 164 Å². The highest BCUT2D eigenvalue weighted by molar-refractivity contribution is 7.00. The van der Waals surface area contributed by atoms with Crippen LogP contribution in [0.15, 0.2) is 156 Å². The monoisotopic (exact) mass is 1020 g/mol. The molecule has 5 heteroatoms. The molecular weight excluding hydrogens is 946 g/mol. The molecule has 0 fully saturated rings. The number of furan rings is 1. The maximum absolute atomic E-state index is 6.75. The highest BCUT2D eigenvalue weighted by Crippen LogP contribution is 2.54. The predicted molar refractivity (Wildman–Crippen MR) is 335 cm³/mol. The van der Waals surface area contributed by atoms with Crippen molar-refractivity contribution in [3.8, 4) is 0 Å². The van der Waals surface area contributed by atoms with Crippen LogP contribution in [0.4, 0.5) is 51.2 Å². The van der Waals surface area contributed by atoms with Gasteiger partial charge in [-0.15, -0.1) is 0 Å². The second kappa shape index (κ2) is 17.0. The van der Waals surface area contributed by atoms with Crippen LogP contribution in [0.3, 0.4) is 0 Å². The van der Waals surface area contributed by atoms with Crippen LogP contribution in [-0.2, 0) is 32.5 Å². The van der Waals surface area contributed by atoms with E-state index in [1.54, 1.807) is 0 Å². The number of anilines is 9. The van der Waals surface area contributed by atoms with Gasteiger partial charge in [-0.25, -0.2) is 0 Å². The van der Waals surface area contributed by atoms with Crippen molar-refractivity contribution in [2.24, 2.45) is 0 Å². The molecule has 3 heterocycles. The summed E-state index contributed by atoms with van der Waals surface area (Å²) in [6.45, 7) is 35.8. The van der Waals surface area contributed by atoms with Gasteiger partial charge in [0.25, 0.3) is 6.71 Å². The maximum Gasteiger partial charge on any atom is 0.252 e. The summed E-state index contributed by atoms with van der Waals surface area (Å²) in [5.74, 6) is 0. The van der Waals surface area contributed by atoms with Crippen molar-refractivity contribution >= 4 is 96.2 Å². The molecular formula is C73H78BN3O. The minimum Gasteiger partial charge on any atom is -0.456 e. The second-order valence-corrected chi connectivity index (χ2v) is 28.5. The zero-order chi connectivity index (χ0) is 54.8. The number of fused-ring (bicyclic) bond motifs is 9. The van der Waals surface area contributed by atoms with Gasteiger partial charge in [-0.3, -0.25) is 0 Å². The van der Waals surface area contributed by atoms with Crippen LogP contribution in [0.25, 0.3) is 21.9 Å². The van der Waals surface area contributed by atoms with E-state index in [-0.39, 0.29) is 39.2 Å². The SMILES string of the molecule is Cc1cc2c3c(c1)N(c1cccc4oc5ccccc5c14)c1cc(N(c4ccc(C(C)(C)C)cc4)c4ccc(C(C)(C)C)cc4)ccc1B3c1cc3c(cc1N2c1ccc2c(c1)C(C)(C)CCC2(C)C)C(C)(C)CCC3(C)C. The average molecular weight is 1020 g/mol. The lowest BCUT2D eigenvalue weighted by Crippen LogP contribution is -2.62. The smallest absolute Gasteiger partial charge is 0.252 e. The largest absolute Gasteiger partial charge is 0.456 e. The molecule has 0 amide bonds. The molecule has 0 saturated carbocycles. The summed E-state index contributed by atoms with van der Waals surface area (Å²) in [5.41, 5.74) is 26.5. The number of rotatable bonds is 5. The molecule has 9 aromatic rings. The number of nitrogens with zero attached hydrogens (tertiary/aromatic N) is 3. The molecule has 0 saturated heterocycles. The molecule has 0 atom stereocenters. The summed E-state index contributed by atoms with van der Waals surface area (Å²) >= 11 is 0. The third-order valence-corrected chi connectivity index (χ3v) is 19.1. The number of para-hydroxylation sites is 1. The van der Waals surface area contributed by atoms with Crippen molar-refractivity contribution in [3.05, 3.63) is 191 Å². The standard InChI is InChI=1S/C73H78BN3O/c1-45-39-62-67-63(40-45)77(59-20-18-22-65-66(59)52-19-16-17-21-64(52)78-65)60-42-51(75(48-27-23-46(24-28-48)68(2,3)4)49-29-25-47(26-30-49)69(5,6)7)32-34-57(60)74(67)58-43-55-56(73(14,15)38-37-72(55,12)13)44-61(58)76(62)50-31-33-53-54(41-50)71(10,11)36-35-70(53,8)9/h16-34,39-44H,35-38H2,1-15H3. The van der Waals surface area contributed by atoms with Crippen molar-refractivity contribution in [1.29, 1.82) is 0 Å². The van der Waals surface area contributed by atoms with E-state index in [4.69, 9.17) is 4.42 Å². The molecule has 0 spiro atoms. The second-order valence-electron chi connectivity index (χ2n) is 28.5. The molecule has 0 bridgehead atoms. The highest BCUT2D eigenvalue weighted by atomic mass is 16.3. The number of hydrogen-bond donors (Lipinski definition) is 0. The first-order chi connectivity index (χ1) is 36.8. The number of aryl methyl sites for hydroxylation is 1. The Labute approximate surface area is 465 Å². The van der Waals surface area contributed by atoms with Crippen LogP contribution in [0.5, 0.6) is 0 Å². The molecule has 13 rings (SSSR count). The lowest BCUT2D eigenvalue weighted by molar-refractivity contribution is 0.332. The third kappa shape index (κ3) is 7.83. The van der Waals surface area contributed by atoms with E-state index in [0.29, 0.717) is 0 Å². The summed E-state index contributed by atoms with van der Waals surface area (Å²) < 4.78 is 6.75. The van der Waals surface area contributed by atoms with Crippen LogP contribution < -0.4 is 31.1 Å². The molecule has 0 unspecified atom stereocenters. The third-order valence-electron chi connectivity index (χ3n) is 19.1. The van der Waals surface area contributed by atoms with Gasteiger partial charge in [0, 0.05) is 50.9 Å². The van der Waals surface area contributed by atoms with Crippen molar-refractivity contribution in [2.75, 3.05) is 14.7 Å². The first-order valence-electron chi connectivity index (χ1n) is 29.0. The summed E-state index contributed by atoms with van der Waals surface area (Å²) in [5, 5.41) is 2.24. The Morgan fingerprint density at radius 1 is 0.436 bits per heavy atom. The zero-order valence-electron chi connectivity index (χ0n) is 49.1. The molecule has 0 N–H and O–H groups in total. The lowest BCUT2D eigenvalue weighted by Gasteiger charge is -2.48. The first kappa shape index (κ1) is 50.5. The fraction of sp³-hybridized carbons (Fsp3) is 0.342. The minimum absolute atomic E-state index is 0.0134. The number of hydrogen-bond acceptors (Lipinski definition) is 4. The van der Waals surface area contributed by atoms with Crippen molar-refractivity contribution < 1.29 is 4.42 Å². The quantitative estimate of drug-likeness (QED) is 0.160. The molecule has 4 aliphatic rings. The lowest BCUT2D eigenvalue weighted by atomic mass is 9.33. The Kier molecular flexibility index (Phi) is 11.0. The average Bonchev–Trinajstić information content (AvgIpc) is 3.83. The fourth-order valence-electron chi connectivity index (χ4n) is 14.2. The summed E-state index contributed by atoms with van der Waals surface area (Å²) in [6.07, 6.45) is 4.65. The Hall–Kier alpha value is -6.98. The Balaban J connectivity index is 1.13. The maximum atomic E-state index is 6.75.